The van der Waals surface area contributed by atoms with E-state index in [9.17, 15) is 9.18 Å². The van der Waals surface area contributed by atoms with Gasteiger partial charge >= 0.3 is 0 Å². The summed E-state index contributed by atoms with van der Waals surface area (Å²) in [6, 6.07) is 14.6. The van der Waals surface area contributed by atoms with E-state index >= 15 is 0 Å². The van der Waals surface area contributed by atoms with Crippen LogP contribution < -0.4 is 5.32 Å². The molecule has 0 radical (unpaired) electrons. The van der Waals surface area contributed by atoms with E-state index in [0.717, 1.165) is 37.4 Å². The van der Waals surface area contributed by atoms with E-state index in [1.165, 1.54) is 29.2 Å². The van der Waals surface area contributed by atoms with Crippen molar-refractivity contribution in [2.45, 2.75) is 20.0 Å². The van der Waals surface area contributed by atoms with Crippen LogP contribution in [0.4, 0.5) is 10.1 Å². The minimum Gasteiger partial charge on any atom is -0.325 e. The van der Waals surface area contributed by atoms with E-state index in [2.05, 4.69) is 22.3 Å². The van der Waals surface area contributed by atoms with Crippen LogP contribution >= 0.6 is 11.8 Å². The van der Waals surface area contributed by atoms with E-state index in [4.69, 9.17) is 0 Å². The van der Waals surface area contributed by atoms with Gasteiger partial charge in [-0.05, 0) is 41.9 Å². The zero-order chi connectivity index (χ0) is 19.8. The molecule has 1 heterocycles. The summed E-state index contributed by atoms with van der Waals surface area (Å²) >= 11 is 2.01. The maximum absolute atomic E-state index is 13.4. The third-order valence-electron chi connectivity index (χ3n) is 4.83. The number of halogens is 1. The maximum Gasteiger partial charge on any atom is 0.238 e. The number of hydrogen-bond acceptors (Lipinski definition) is 4. The van der Waals surface area contributed by atoms with Crippen molar-refractivity contribution in [3.05, 3.63) is 65.5 Å². The molecule has 28 heavy (non-hydrogen) atoms. The fourth-order valence-electron chi connectivity index (χ4n) is 3.34. The predicted molar refractivity (Wildman–Crippen MR) is 115 cm³/mol. The van der Waals surface area contributed by atoms with Crippen molar-refractivity contribution >= 4 is 23.4 Å². The summed E-state index contributed by atoms with van der Waals surface area (Å²) in [5.41, 5.74) is 2.92. The average Bonchev–Trinajstić information content (AvgIpc) is 2.68. The lowest BCUT2D eigenvalue weighted by atomic mass is 10.2. The molecular weight excluding hydrogens is 373 g/mol. The summed E-state index contributed by atoms with van der Waals surface area (Å²) in [5, 5.41) is 3.00. The van der Waals surface area contributed by atoms with E-state index < -0.39 is 0 Å². The Morgan fingerprint density at radius 2 is 1.89 bits per heavy atom. The molecule has 4 nitrogen and oxygen atoms in total. The number of rotatable bonds is 8. The summed E-state index contributed by atoms with van der Waals surface area (Å²) in [4.78, 5) is 17.0. The highest BCUT2D eigenvalue weighted by Gasteiger charge is 2.13. The summed E-state index contributed by atoms with van der Waals surface area (Å²) in [7, 11) is 0. The molecule has 0 atom stereocenters. The summed E-state index contributed by atoms with van der Waals surface area (Å²) < 4.78 is 13.4. The first kappa shape index (κ1) is 20.8. The SMILES string of the molecule is CCN(CC(=O)Nc1cccc(CN2CCSCC2)c1)Cc1cccc(F)c1. The Labute approximate surface area is 171 Å². The van der Waals surface area contributed by atoms with Crippen LogP contribution in [0.3, 0.4) is 0 Å². The van der Waals surface area contributed by atoms with E-state index in [-0.39, 0.29) is 18.3 Å². The minimum absolute atomic E-state index is 0.0511. The monoisotopic (exact) mass is 401 g/mol. The number of nitrogens with zero attached hydrogens (tertiary/aromatic N) is 2. The lowest BCUT2D eigenvalue weighted by Gasteiger charge is -2.26. The van der Waals surface area contributed by atoms with Gasteiger partial charge in [0, 0.05) is 43.4 Å². The van der Waals surface area contributed by atoms with Gasteiger partial charge in [-0.3, -0.25) is 14.6 Å². The Hall–Kier alpha value is -1.89. The molecule has 1 saturated heterocycles. The molecule has 0 aliphatic carbocycles. The van der Waals surface area contributed by atoms with Crippen molar-refractivity contribution in [2.75, 3.05) is 43.0 Å². The van der Waals surface area contributed by atoms with Crippen molar-refractivity contribution in [3.63, 3.8) is 0 Å². The highest BCUT2D eigenvalue weighted by atomic mass is 32.2. The van der Waals surface area contributed by atoms with Crippen molar-refractivity contribution < 1.29 is 9.18 Å². The zero-order valence-corrected chi connectivity index (χ0v) is 17.2. The first-order chi connectivity index (χ1) is 13.6. The molecule has 1 fully saturated rings. The van der Waals surface area contributed by atoms with Crippen LogP contribution in [0.25, 0.3) is 0 Å². The Balaban J connectivity index is 1.53. The van der Waals surface area contributed by atoms with Crippen molar-refractivity contribution in [1.82, 2.24) is 9.80 Å². The summed E-state index contributed by atoms with van der Waals surface area (Å²) in [5.74, 6) is 2.08. The van der Waals surface area contributed by atoms with Crippen LogP contribution in [0.15, 0.2) is 48.5 Å². The Bertz CT molecular complexity index is 780. The van der Waals surface area contributed by atoms with Gasteiger partial charge in [0.2, 0.25) is 5.91 Å². The van der Waals surface area contributed by atoms with Crippen molar-refractivity contribution in [3.8, 4) is 0 Å². The van der Waals surface area contributed by atoms with Crippen LogP contribution in [0.2, 0.25) is 0 Å². The van der Waals surface area contributed by atoms with E-state index in [1.54, 1.807) is 6.07 Å². The number of hydrogen-bond donors (Lipinski definition) is 1. The molecule has 2 aromatic carbocycles. The fraction of sp³-hybridized carbons (Fsp3) is 0.409. The molecule has 0 saturated carbocycles. The van der Waals surface area contributed by atoms with Crippen LogP contribution in [0.1, 0.15) is 18.1 Å². The molecule has 2 aromatic rings. The number of nitrogens with one attached hydrogen (secondary N) is 1. The minimum atomic E-state index is -0.248. The quantitative estimate of drug-likeness (QED) is 0.729. The molecule has 0 spiro atoms. The molecular formula is C22H28FN3OS. The number of carbonyl (C=O) groups is 1. The van der Waals surface area contributed by atoms with Crippen LogP contribution in [-0.4, -0.2) is 53.4 Å². The molecule has 6 heteroatoms. The highest BCUT2D eigenvalue weighted by molar-refractivity contribution is 7.99. The number of likely N-dealkylation sites (N-methyl/N-ethyl adjacent to an activating group) is 1. The first-order valence-electron chi connectivity index (χ1n) is 9.78. The number of anilines is 1. The first-order valence-corrected chi connectivity index (χ1v) is 10.9. The number of benzene rings is 2. The van der Waals surface area contributed by atoms with Crippen LogP contribution in [0.5, 0.6) is 0 Å². The topological polar surface area (TPSA) is 35.6 Å². The maximum atomic E-state index is 13.4. The van der Waals surface area contributed by atoms with Gasteiger partial charge in [-0.2, -0.15) is 11.8 Å². The molecule has 1 N–H and O–H groups in total. The van der Waals surface area contributed by atoms with Gasteiger partial charge in [-0.1, -0.05) is 31.2 Å². The van der Waals surface area contributed by atoms with Crippen LogP contribution in [-0.2, 0) is 17.9 Å². The largest absolute Gasteiger partial charge is 0.325 e. The Kier molecular flexibility index (Phi) is 7.89. The number of thioether (sulfide) groups is 1. The molecule has 150 valence electrons. The lowest BCUT2D eigenvalue weighted by molar-refractivity contribution is -0.117. The second-order valence-corrected chi connectivity index (χ2v) is 8.30. The third-order valence-corrected chi connectivity index (χ3v) is 5.77. The second-order valence-electron chi connectivity index (χ2n) is 7.07. The van der Waals surface area contributed by atoms with E-state index in [1.807, 2.05) is 41.8 Å². The zero-order valence-electron chi connectivity index (χ0n) is 16.4. The second kappa shape index (κ2) is 10.6. The molecule has 1 amide bonds. The normalized spacial score (nSPS) is 15.0. The standard InChI is InChI=1S/C22H28FN3OS/c1-2-25(15-18-5-3-7-20(23)13-18)17-22(27)24-21-8-4-6-19(14-21)16-26-9-11-28-12-10-26/h3-8,13-14H,2,9-12,15-17H2,1H3,(H,24,27). The average molecular weight is 402 g/mol. The van der Waals surface area contributed by atoms with Gasteiger partial charge in [-0.25, -0.2) is 4.39 Å². The van der Waals surface area contributed by atoms with Gasteiger partial charge in [-0.15, -0.1) is 0 Å². The van der Waals surface area contributed by atoms with E-state index in [0.29, 0.717) is 6.54 Å². The van der Waals surface area contributed by atoms with Gasteiger partial charge in [0.25, 0.3) is 0 Å². The van der Waals surface area contributed by atoms with Crippen molar-refractivity contribution in [1.29, 1.82) is 0 Å². The number of amides is 1. The van der Waals surface area contributed by atoms with Gasteiger partial charge in [0.15, 0.2) is 0 Å². The Morgan fingerprint density at radius 1 is 1.14 bits per heavy atom. The molecule has 0 aromatic heterocycles. The number of carbonyl (C=O) groups excluding carboxylic acids is 1. The Morgan fingerprint density at radius 3 is 2.64 bits per heavy atom. The smallest absolute Gasteiger partial charge is 0.238 e. The molecule has 3 rings (SSSR count). The van der Waals surface area contributed by atoms with Crippen LogP contribution in [0, 0.1) is 5.82 Å². The lowest BCUT2D eigenvalue weighted by Crippen LogP contribution is -2.33. The summed E-state index contributed by atoms with van der Waals surface area (Å²) in [6.07, 6.45) is 0. The molecule has 1 aliphatic heterocycles. The molecule has 0 unspecified atom stereocenters. The van der Waals surface area contributed by atoms with Gasteiger partial charge < -0.3 is 5.32 Å². The van der Waals surface area contributed by atoms with Gasteiger partial charge in [0.05, 0.1) is 6.54 Å². The third kappa shape index (κ3) is 6.62. The van der Waals surface area contributed by atoms with Crippen molar-refractivity contribution in [2.24, 2.45) is 0 Å². The highest BCUT2D eigenvalue weighted by Crippen LogP contribution is 2.16. The van der Waals surface area contributed by atoms with Gasteiger partial charge in [0.1, 0.15) is 5.82 Å². The predicted octanol–water partition coefficient (Wildman–Crippen LogP) is 3.84. The summed E-state index contributed by atoms with van der Waals surface area (Å²) in [6.45, 7) is 6.71. The molecule has 1 aliphatic rings. The molecule has 0 bridgehead atoms. The fourth-order valence-corrected chi connectivity index (χ4v) is 4.32.